The van der Waals surface area contributed by atoms with Gasteiger partial charge >= 0.3 is 0 Å². The van der Waals surface area contributed by atoms with Gasteiger partial charge in [-0.25, -0.2) is 0 Å². The monoisotopic (exact) mass is 345 g/mol. The van der Waals surface area contributed by atoms with Crippen molar-refractivity contribution in [2.24, 2.45) is 5.92 Å². The molecule has 0 atom stereocenters. The number of carbonyl (C=O) groups excluding carboxylic acids is 1. The lowest BCUT2D eigenvalue weighted by molar-refractivity contribution is -0.127. The Morgan fingerprint density at radius 2 is 1.78 bits per heavy atom. The Morgan fingerprint density at radius 3 is 2.43 bits per heavy atom. The molecule has 3 aliphatic rings. The van der Waals surface area contributed by atoms with Crippen molar-refractivity contribution in [3.05, 3.63) is 0 Å². The average molecular weight is 346 g/mol. The maximum Gasteiger partial charge on any atom is 0.223 e. The maximum atomic E-state index is 12.5. The van der Waals surface area contributed by atoms with Crippen LogP contribution in [0.15, 0.2) is 0 Å². The highest BCUT2D eigenvalue weighted by Crippen LogP contribution is 2.30. The lowest BCUT2D eigenvalue weighted by atomic mass is 9.85. The van der Waals surface area contributed by atoms with E-state index in [0.29, 0.717) is 0 Å². The summed E-state index contributed by atoms with van der Waals surface area (Å²) in [5.74, 6) is 0.476. The second kappa shape index (κ2) is 9.21. The molecule has 134 valence electrons. The fourth-order valence-corrected chi connectivity index (χ4v) is 4.20. The third-order valence-corrected chi connectivity index (χ3v) is 5.75. The van der Waals surface area contributed by atoms with E-state index in [9.17, 15) is 4.79 Å². The number of nitrogens with one attached hydrogen (secondary N) is 2. The summed E-state index contributed by atoms with van der Waals surface area (Å²) in [6.45, 7) is 6.79. The lowest BCUT2D eigenvalue weighted by Gasteiger charge is -2.48. The summed E-state index contributed by atoms with van der Waals surface area (Å²) in [5.41, 5.74) is 0.140. The number of hydrogen-bond acceptors (Lipinski definition) is 4. The Kier molecular flexibility index (Phi) is 7.60. The molecule has 3 heterocycles. The number of halogens is 1. The summed E-state index contributed by atoms with van der Waals surface area (Å²) in [5, 5.41) is 6.63. The molecule has 2 N–H and O–H groups in total. The van der Waals surface area contributed by atoms with Crippen LogP contribution in [0.3, 0.4) is 0 Å². The van der Waals surface area contributed by atoms with Gasteiger partial charge < -0.3 is 15.4 Å². The van der Waals surface area contributed by atoms with E-state index < -0.39 is 0 Å². The van der Waals surface area contributed by atoms with Crippen LogP contribution in [-0.2, 0) is 9.53 Å². The molecule has 3 aliphatic heterocycles. The molecule has 0 aromatic carbocycles. The normalized spacial score (nSPS) is 26.3. The largest absolute Gasteiger partial charge is 0.381 e. The number of nitrogens with zero attached hydrogens (tertiary/aromatic N) is 1. The molecule has 0 aromatic rings. The van der Waals surface area contributed by atoms with E-state index in [1.165, 1.54) is 32.4 Å². The van der Waals surface area contributed by atoms with Crippen LogP contribution in [0.5, 0.6) is 0 Å². The summed E-state index contributed by atoms with van der Waals surface area (Å²) >= 11 is 0. The Morgan fingerprint density at radius 1 is 1.13 bits per heavy atom. The van der Waals surface area contributed by atoms with Gasteiger partial charge in [-0.05, 0) is 64.7 Å². The second-order valence-corrected chi connectivity index (χ2v) is 7.13. The first-order chi connectivity index (χ1) is 10.8. The molecule has 5 nitrogen and oxygen atoms in total. The zero-order valence-corrected chi connectivity index (χ0v) is 15.0. The SMILES string of the molecule is Cl.O=C(NCC1(N2CCCCC2)CCOCC1)C1CCNCC1. The summed E-state index contributed by atoms with van der Waals surface area (Å²) in [7, 11) is 0. The minimum atomic E-state index is 0. The highest BCUT2D eigenvalue weighted by Gasteiger charge is 2.39. The van der Waals surface area contributed by atoms with Crippen molar-refractivity contribution in [2.75, 3.05) is 45.9 Å². The van der Waals surface area contributed by atoms with Crippen LogP contribution in [0.25, 0.3) is 0 Å². The standard InChI is InChI=1S/C17H31N3O2.ClH/c21-16(15-4-8-18-9-5-15)19-14-17(6-12-22-13-7-17)20-10-2-1-3-11-20;/h15,18H,1-14H2,(H,19,21);1H. The van der Waals surface area contributed by atoms with E-state index in [4.69, 9.17) is 4.74 Å². The molecular weight excluding hydrogens is 314 g/mol. The van der Waals surface area contributed by atoms with Crippen LogP contribution in [-0.4, -0.2) is 62.3 Å². The number of piperidine rings is 2. The van der Waals surface area contributed by atoms with E-state index in [-0.39, 0.29) is 29.8 Å². The van der Waals surface area contributed by atoms with Crippen molar-refractivity contribution in [3.8, 4) is 0 Å². The predicted molar refractivity (Wildman–Crippen MR) is 94.1 cm³/mol. The molecule has 0 saturated carbocycles. The molecule has 6 heteroatoms. The van der Waals surface area contributed by atoms with E-state index in [0.717, 1.165) is 58.5 Å². The van der Waals surface area contributed by atoms with Gasteiger partial charge in [-0.2, -0.15) is 0 Å². The van der Waals surface area contributed by atoms with Gasteiger partial charge in [-0.1, -0.05) is 6.42 Å². The van der Waals surface area contributed by atoms with Crippen LogP contribution in [0.4, 0.5) is 0 Å². The summed E-state index contributed by atoms with van der Waals surface area (Å²) in [6, 6.07) is 0. The van der Waals surface area contributed by atoms with E-state index in [1.54, 1.807) is 0 Å². The number of ether oxygens (including phenoxy) is 1. The quantitative estimate of drug-likeness (QED) is 0.812. The molecule has 3 rings (SSSR count). The van der Waals surface area contributed by atoms with Crippen LogP contribution < -0.4 is 10.6 Å². The van der Waals surface area contributed by atoms with Gasteiger partial charge in [0.2, 0.25) is 5.91 Å². The fourth-order valence-electron chi connectivity index (χ4n) is 4.20. The smallest absolute Gasteiger partial charge is 0.223 e. The van der Waals surface area contributed by atoms with Crippen LogP contribution in [0.1, 0.15) is 44.9 Å². The van der Waals surface area contributed by atoms with Gasteiger partial charge in [0.05, 0.1) is 0 Å². The van der Waals surface area contributed by atoms with Crippen LogP contribution in [0, 0.1) is 5.92 Å². The Balaban J connectivity index is 0.00000192. The first-order valence-electron chi connectivity index (χ1n) is 9.11. The van der Waals surface area contributed by atoms with Gasteiger partial charge in [-0.3, -0.25) is 9.69 Å². The maximum absolute atomic E-state index is 12.5. The van der Waals surface area contributed by atoms with E-state index >= 15 is 0 Å². The number of likely N-dealkylation sites (tertiary alicyclic amines) is 1. The van der Waals surface area contributed by atoms with Gasteiger partial charge in [0.1, 0.15) is 0 Å². The number of carbonyl (C=O) groups is 1. The highest BCUT2D eigenvalue weighted by atomic mass is 35.5. The van der Waals surface area contributed by atoms with E-state index in [2.05, 4.69) is 15.5 Å². The van der Waals surface area contributed by atoms with Crippen LogP contribution in [0.2, 0.25) is 0 Å². The molecule has 0 spiro atoms. The average Bonchev–Trinajstić information content (AvgIpc) is 2.62. The number of rotatable bonds is 4. The summed E-state index contributed by atoms with van der Waals surface area (Å²) < 4.78 is 5.59. The molecular formula is C17H32ClN3O2. The van der Waals surface area contributed by atoms with Gasteiger partial charge in [-0.15, -0.1) is 12.4 Å². The second-order valence-electron chi connectivity index (χ2n) is 7.13. The molecule has 0 aliphatic carbocycles. The molecule has 1 amide bonds. The van der Waals surface area contributed by atoms with Crippen molar-refractivity contribution in [2.45, 2.75) is 50.5 Å². The summed E-state index contributed by atoms with van der Waals surface area (Å²) in [4.78, 5) is 15.1. The summed E-state index contributed by atoms with van der Waals surface area (Å²) in [6.07, 6.45) is 8.01. The van der Waals surface area contributed by atoms with Crippen molar-refractivity contribution < 1.29 is 9.53 Å². The van der Waals surface area contributed by atoms with Crippen LogP contribution >= 0.6 is 12.4 Å². The minimum Gasteiger partial charge on any atom is -0.381 e. The number of hydrogen-bond donors (Lipinski definition) is 2. The first-order valence-corrected chi connectivity index (χ1v) is 9.11. The Bertz CT molecular complexity index is 363. The fraction of sp³-hybridized carbons (Fsp3) is 0.941. The zero-order chi connectivity index (χ0) is 15.3. The lowest BCUT2D eigenvalue weighted by Crippen LogP contribution is -2.60. The number of amides is 1. The van der Waals surface area contributed by atoms with Gasteiger partial charge in [0.25, 0.3) is 0 Å². The Hall–Kier alpha value is -0.360. The molecule has 0 unspecified atom stereocenters. The van der Waals surface area contributed by atoms with E-state index in [1.807, 2.05) is 0 Å². The molecule has 3 fully saturated rings. The topological polar surface area (TPSA) is 53.6 Å². The van der Waals surface area contributed by atoms with Crippen molar-refractivity contribution >= 4 is 18.3 Å². The highest BCUT2D eigenvalue weighted by molar-refractivity contribution is 5.85. The first kappa shape index (κ1) is 19.0. The minimum absolute atomic E-state index is 0. The zero-order valence-electron chi connectivity index (χ0n) is 14.1. The van der Waals surface area contributed by atoms with Crippen molar-refractivity contribution in [1.29, 1.82) is 0 Å². The molecule has 0 aromatic heterocycles. The molecule has 0 radical (unpaired) electrons. The molecule has 3 saturated heterocycles. The van der Waals surface area contributed by atoms with Gasteiger partial charge in [0.15, 0.2) is 0 Å². The van der Waals surface area contributed by atoms with Crippen molar-refractivity contribution in [3.63, 3.8) is 0 Å². The Labute approximate surface area is 146 Å². The van der Waals surface area contributed by atoms with Crippen molar-refractivity contribution in [1.82, 2.24) is 15.5 Å². The molecule has 23 heavy (non-hydrogen) atoms. The third-order valence-electron chi connectivity index (χ3n) is 5.75. The third kappa shape index (κ3) is 4.81. The predicted octanol–water partition coefficient (Wildman–Crippen LogP) is 1.56. The van der Waals surface area contributed by atoms with Gasteiger partial charge in [0, 0.05) is 31.2 Å². The molecule has 0 bridgehead atoms.